The standard InChI is InChI=1S/C29H34N4O4/c34-25-15-9-3-8-14-24(25)33-20-30-26(27(33)22-12-6-2-7-13-22)28(35)32-17-16-31(29(36)37)19-23(32)18-21-10-4-1-5-11-21/h1-2,4-7,10-13,20,23-25,34H,3,8-9,14-19H2,(H,36,37)/t23-,24+,25-/m1/s1. The summed E-state index contributed by atoms with van der Waals surface area (Å²) in [5.74, 6) is -0.202. The van der Waals surface area contributed by atoms with E-state index in [0.717, 1.165) is 48.9 Å². The number of aliphatic hydroxyl groups excluding tert-OH is 1. The Morgan fingerprint density at radius 3 is 2.35 bits per heavy atom. The first-order valence-electron chi connectivity index (χ1n) is 13.2. The van der Waals surface area contributed by atoms with E-state index in [1.807, 2.05) is 65.2 Å². The average molecular weight is 503 g/mol. The lowest BCUT2D eigenvalue weighted by Crippen LogP contribution is -2.57. The normalized spacial score (nSPS) is 22.5. The van der Waals surface area contributed by atoms with Crippen LogP contribution in [0.15, 0.2) is 67.0 Å². The Morgan fingerprint density at radius 1 is 0.919 bits per heavy atom. The van der Waals surface area contributed by atoms with Gasteiger partial charge < -0.3 is 24.6 Å². The van der Waals surface area contributed by atoms with Crippen LogP contribution in [-0.2, 0) is 6.42 Å². The van der Waals surface area contributed by atoms with Crippen molar-refractivity contribution in [1.29, 1.82) is 0 Å². The molecule has 2 amide bonds. The molecular formula is C29H34N4O4. The smallest absolute Gasteiger partial charge is 0.407 e. The van der Waals surface area contributed by atoms with Crippen molar-refractivity contribution in [2.24, 2.45) is 0 Å². The minimum atomic E-state index is -0.971. The van der Waals surface area contributed by atoms with Gasteiger partial charge in [-0.2, -0.15) is 0 Å². The van der Waals surface area contributed by atoms with Crippen molar-refractivity contribution in [3.8, 4) is 11.3 Å². The first-order chi connectivity index (χ1) is 18.0. The summed E-state index contributed by atoms with van der Waals surface area (Å²) in [6.45, 7) is 0.809. The second-order valence-corrected chi connectivity index (χ2v) is 10.1. The number of carbonyl (C=O) groups excluding carboxylic acids is 1. The topological polar surface area (TPSA) is 98.9 Å². The molecule has 5 rings (SSSR count). The van der Waals surface area contributed by atoms with Crippen molar-refractivity contribution in [3.05, 3.63) is 78.2 Å². The maximum absolute atomic E-state index is 14.1. The molecule has 2 fully saturated rings. The fourth-order valence-corrected chi connectivity index (χ4v) is 5.74. The number of hydrogen-bond acceptors (Lipinski definition) is 4. The highest BCUT2D eigenvalue weighted by Gasteiger charge is 2.36. The van der Waals surface area contributed by atoms with E-state index in [-0.39, 0.29) is 31.1 Å². The molecule has 1 saturated carbocycles. The second-order valence-electron chi connectivity index (χ2n) is 10.1. The third-order valence-corrected chi connectivity index (χ3v) is 7.67. The molecule has 0 spiro atoms. The van der Waals surface area contributed by atoms with Crippen LogP contribution in [0.2, 0.25) is 0 Å². The van der Waals surface area contributed by atoms with Crippen LogP contribution < -0.4 is 0 Å². The van der Waals surface area contributed by atoms with Crippen LogP contribution in [0.25, 0.3) is 11.3 Å². The van der Waals surface area contributed by atoms with E-state index in [1.165, 1.54) is 4.90 Å². The first-order valence-corrected chi connectivity index (χ1v) is 13.2. The highest BCUT2D eigenvalue weighted by Crippen LogP contribution is 2.34. The van der Waals surface area contributed by atoms with E-state index < -0.39 is 12.2 Å². The van der Waals surface area contributed by atoms with Gasteiger partial charge in [0.25, 0.3) is 5.91 Å². The number of carboxylic acid groups (broad SMARTS) is 1. The van der Waals surface area contributed by atoms with Gasteiger partial charge in [0, 0.05) is 25.2 Å². The van der Waals surface area contributed by atoms with Gasteiger partial charge in [-0.25, -0.2) is 9.78 Å². The van der Waals surface area contributed by atoms with Crippen molar-refractivity contribution in [2.45, 2.75) is 56.7 Å². The predicted molar refractivity (Wildman–Crippen MR) is 140 cm³/mol. The lowest BCUT2D eigenvalue weighted by molar-refractivity contribution is 0.0446. The minimum Gasteiger partial charge on any atom is -0.465 e. The Bertz CT molecular complexity index is 1210. The van der Waals surface area contributed by atoms with E-state index in [4.69, 9.17) is 0 Å². The molecule has 2 aliphatic rings. The zero-order valence-electron chi connectivity index (χ0n) is 20.9. The molecule has 2 N–H and O–H groups in total. The van der Waals surface area contributed by atoms with Crippen LogP contribution in [0.3, 0.4) is 0 Å². The van der Waals surface area contributed by atoms with Crippen molar-refractivity contribution < 1.29 is 19.8 Å². The maximum Gasteiger partial charge on any atom is 0.407 e. The van der Waals surface area contributed by atoms with Gasteiger partial charge in [-0.05, 0) is 24.8 Å². The van der Waals surface area contributed by atoms with Gasteiger partial charge in [-0.15, -0.1) is 0 Å². The predicted octanol–water partition coefficient (Wildman–Crippen LogP) is 4.46. The molecule has 3 atom stereocenters. The molecule has 0 bridgehead atoms. The number of aromatic nitrogens is 2. The van der Waals surface area contributed by atoms with Crippen LogP contribution in [-0.4, -0.2) is 73.3 Å². The maximum atomic E-state index is 14.1. The molecule has 37 heavy (non-hydrogen) atoms. The molecule has 1 aromatic heterocycles. The summed E-state index contributed by atoms with van der Waals surface area (Å²) in [5.41, 5.74) is 3.00. The van der Waals surface area contributed by atoms with E-state index in [2.05, 4.69) is 4.98 Å². The zero-order valence-corrected chi connectivity index (χ0v) is 20.9. The summed E-state index contributed by atoms with van der Waals surface area (Å²) in [6.07, 6.45) is 5.46. The van der Waals surface area contributed by atoms with Crippen LogP contribution in [0.4, 0.5) is 4.79 Å². The summed E-state index contributed by atoms with van der Waals surface area (Å²) in [4.78, 5) is 33.7. The molecule has 1 aliphatic carbocycles. The van der Waals surface area contributed by atoms with Gasteiger partial charge in [0.1, 0.15) is 0 Å². The average Bonchev–Trinajstić information content (AvgIpc) is 3.24. The lowest BCUT2D eigenvalue weighted by Gasteiger charge is -2.40. The van der Waals surface area contributed by atoms with Gasteiger partial charge >= 0.3 is 6.09 Å². The first kappa shape index (κ1) is 25.0. The molecular weight excluding hydrogens is 468 g/mol. The van der Waals surface area contributed by atoms with Crippen LogP contribution in [0.1, 0.15) is 54.2 Å². The van der Waals surface area contributed by atoms with Gasteiger partial charge in [-0.1, -0.05) is 79.9 Å². The Morgan fingerprint density at radius 2 is 1.62 bits per heavy atom. The van der Waals surface area contributed by atoms with E-state index in [1.54, 1.807) is 11.2 Å². The zero-order chi connectivity index (χ0) is 25.8. The molecule has 2 heterocycles. The Kier molecular flexibility index (Phi) is 7.55. The molecule has 8 heteroatoms. The number of benzene rings is 2. The number of aliphatic hydroxyl groups is 1. The molecule has 1 saturated heterocycles. The molecule has 2 aromatic carbocycles. The van der Waals surface area contributed by atoms with Crippen molar-refractivity contribution >= 4 is 12.0 Å². The quantitative estimate of drug-likeness (QED) is 0.502. The number of hydrogen-bond donors (Lipinski definition) is 2. The molecule has 1 aliphatic heterocycles. The summed E-state index contributed by atoms with van der Waals surface area (Å²) >= 11 is 0. The highest BCUT2D eigenvalue weighted by molar-refractivity contribution is 5.98. The van der Waals surface area contributed by atoms with Crippen LogP contribution >= 0.6 is 0 Å². The number of nitrogens with zero attached hydrogens (tertiary/aromatic N) is 4. The molecule has 194 valence electrons. The van der Waals surface area contributed by atoms with E-state index in [9.17, 15) is 19.8 Å². The number of carbonyl (C=O) groups is 2. The number of rotatable bonds is 5. The van der Waals surface area contributed by atoms with Gasteiger partial charge in [0.05, 0.1) is 30.2 Å². The lowest BCUT2D eigenvalue weighted by atomic mass is 10.0. The van der Waals surface area contributed by atoms with E-state index in [0.29, 0.717) is 18.7 Å². The fraction of sp³-hybridized carbons (Fsp3) is 0.414. The number of imidazole rings is 1. The summed E-state index contributed by atoms with van der Waals surface area (Å²) in [7, 11) is 0. The molecule has 8 nitrogen and oxygen atoms in total. The summed E-state index contributed by atoms with van der Waals surface area (Å²) in [5, 5.41) is 20.6. The number of amides is 2. The van der Waals surface area contributed by atoms with Gasteiger partial charge in [-0.3, -0.25) is 4.79 Å². The van der Waals surface area contributed by atoms with E-state index >= 15 is 0 Å². The monoisotopic (exact) mass is 502 g/mol. The van der Waals surface area contributed by atoms with Crippen LogP contribution in [0, 0.1) is 0 Å². The Labute approximate surface area is 217 Å². The Balaban J connectivity index is 1.52. The Hall–Kier alpha value is -3.65. The fourth-order valence-electron chi connectivity index (χ4n) is 5.74. The largest absolute Gasteiger partial charge is 0.465 e. The molecule has 0 radical (unpaired) electrons. The third kappa shape index (κ3) is 5.39. The summed E-state index contributed by atoms with van der Waals surface area (Å²) in [6, 6.07) is 19.1. The van der Waals surface area contributed by atoms with Gasteiger partial charge in [0.15, 0.2) is 5.69 Å². The van der Waals surface area contributed by atoms with Crippen LogP contribution in [0.5, 0.6) is 0 Å². The molecule has 3 aromatic rings. The number of piperazine rings is 1. The minimum absolute atomic E-state index is 0.143. The molecule has 0 unspecified atom stereocenters. The van der Waals surface area contributed by atoms with Gasteiger partial charge in [0.2, 0.25) is 0 Å². The SMILES string of the molecule is O=C(O)N1CCN(C(=O)c2ncn([C@H]3CCCCC[C@H]3O)c2-c2ccccc2)[C@H](Cc2ccccc2)C1. The highest BCUT2D eigenvalue weighted by atomic mass is 16.4. The van der Waals surface area contributed by atoms with Crippen molar-refractivity contribution in [2.75, 3.05) is 19.6 Å². The third-order valence-electron chi connectivity index (χ3n) is 7.67. The second kappa shape index (κ2) is 11.2. The van der Waals surface area contributed by atoms with Crippen molar-refractivity contribution in [1.82, 2.24) is 19.4 Å². The van der Waals surface area contributed by atoms with Crippen molar-refractivity contribution in [3.63, 3.8) is 0 Å². The summed E-state index contributed by atoms with van der Waals surface area (Å²) < 4.78 is 2.00.